The van der Waals surface area contributed by atoms with Crippen LogP contribution in [0, 0.1) is 0 Å². The van der Waals surface area contributed by atoms with Gasteiger partial charge in [0.05, 0.1) is 6.61 Å². The van der Waals surface area contributed by atoms with Crippen LogP contribution in [0.25, 0.3) is 0 Å². The third-order valence-corrected chi connectivity index (χ3v) is 4.86. The molecule has 0 spiro atoms. The maximum atomic E-state index is 10.5. The predicted molar refractivity (Wildman–Crippen MR) is 77.1 cm³/mol. The molecule has 0 N–H and O–H groups in total. The third kappa shape index (κ3) is 6.52. The maximum absolute atomic E-state index is 10.5. The molecule has 0 saturated heterocycles. The average molecular weight is 282 g/mol. The van der Waals surface area contributed by atoms with Gasteiger partial charge in [0, 0.05) is 18.8 Å². The Morgan fingerprint density at radius 3 is 2.26 bits per heavy atom. The van der Waals surface area contributed by atoms with Crippen molar-refractivity contribution in [1.82, 2.24) is 0 Å². The molecular formula is C14H22O4Si. The van der Waals surface area contributed by atoms with E-state index in [1.165, 1.54) is 0 Å². The van der Waals surface area contributed by atoms with E-state index >= 15 is 0 Å². The highest BCUT2D eigenvalue weighted by atomic mass is 28.3. The number of carbonyl (C=O) groups is 1. The summed E-state index contributed by atoms with van der Waals surface area (Å²) in [5.74, 6) is 0.789. The van der Waals surface area contributed by atoms with E-state index in [1.807, 2.05) is 26.0 Å². The topological polar surface area (TPSA) is 44.8 Å². The first kappa shape index (κ1) is 15.9. The fourth-order valence-corrected chi connectivity index (χ4v) is 3.34. The molecule has 1 aromatic carbocycles. The summed E-state index contributed by atoms with van der Waals surface area (Å²) in [5, 5.41) is 0. The summed E-state index contributed by atoms with van der Waals surface area (Å²) in [6, 6.07) is 8.07. The van der Waals surface area contributed by atoms with Gasteiger partial charge in [-0.15, -0.1) is 0 Å². The van der Waals surface area contributed by atoms with Crippen LogP contribution in [0.2, 0.25) is 6.04 Å². The lowest BCUT2D eigenvalue weighted by atomic mass is 10.2. The standard InChI is InChI=1S/C14H22O4Si/c1-3-17-19(18-4-2)11-5-10-16-14-8-6-13(12-15)7-9-14/h6-9,12,19H,3-5,10-11H2,1-2H3. The fourth-order valence-electron chi connectivity index (χ4n) is 1.67. The number of benzene rings is 1. The van der Waals surface area contributed by atoms with Crippen molar-refractivity contribution in [3.63, 3.8) is 0 Å². The lowest BCUT2D eigenvalue weighted by Crippen LogP contribution is -2.23. The molecule has 0 heterocycles. The summed E-state index contributed by atoms with van der Waals surface area (Å²) in [6.45, 7) is 6.05. The van der Waals surface area contributed by atoms with Crippen LogP contribution in [0.1, 0.15) is 30.6 Å². The van der Waals surface area contributed by atoms with Crippen molar-refractivity contribution in [2.45, 2.75) is 26.3 Å². The fraction of sp³-hybridized carbons (Fsp3) is 0.500. The molecule has 1 aromatic rings. The molecule has 0 amide bonds. The van der Waals surface area contributed by atoms with Crippen molar-refractivity contribution in [3.05, 3.63) is 29.8 Å². The van der Waals surface area contributed by atoms with Crippen LogP contribution >= 0.6 is 0 Å². The highest BCUT2D eigenvalue weighted by Crippen LogP contribution is 2.12. The molecule has 1 rings (SSSR count). The lowest BCUT2D eigenvalue weighted by molar-refractivity contribution is 0.112. The van der Waals surface area contributed by atoms with Gasteiger partial charge < -0.3 is 13.6 Å². The van der Waals surface area contributed by atoms with Crippen molar-refractivity contribution in [1.29, 1.82) is 0 Å². The van der Waals surface area contributed by atoms with Crippen molar-refractivity contribution < 1.29 is 18.4 Å². The van der Waals surface area contributed by atoms with E-state index in [0.29, 0.717) is 25.4 Å². The second-order valence-corrected chi connectivity index (χ2v) is 6.12. The first-order valence-electron chi connectivity index (χ1n) is 6.71. The molecular weight excluding hydrogens is 260 g/mol. The molecule has 0 fully saturated rings. The third-order valence-electron chi connectivity index (χ3n) is 2.57. The molecule has 0 saturated carbocycles. The van der Waals surface area contributed by atoms with Crippen LogP contribution in [0.4, 0.5) is 0 Å². The van der Waals surface area contributed by atoms with Crippen LogP contribution in [0.15, 0.2) is 24.3 Å². The van der Waals surface area contributed by atoms with Crippen molar-refractivity contribution >= 4 is 15.6 Å². The number of carbonyl (C=O) groups excluding carboxylic acids is 1. The maximum Gasteiger partial charge on any atom is 0.321 e. The molecule has 19 heavy (non-hydrogen) atoms. The zero-order valence-corrected chi connectivity index (χ0v) is 12.8. The molecule has 4 nitrogen and oxygen atoms in total. The second kappa shape index (κ2) is 9.72. The Balaban J connectivity index is 2.23. The second-order valence-electron chi connectivity index (χ2n) is 4.02. The molecule has 0 aliphatic heterocycles. The van der Waals surface area contributed by atoms with Gasteiger partial charge in [0.1, 0.15) is 12.0 Å². The minimum atomic E-state index is -1.50. The molecule has 0 atom stereocenters. The zero-order valence-electron chi connectivity index (χ0n) is 11.6. The van der Waals surface area contributed by atoms with Gasteiger partial charge in [-0.05, 0) is 50.6 Å². The molecule has 0 aliphatic rings. The zero-order chi connectivity index (χ0) is 13.9. The van der Waals surface area contributed by atoms with Crippen LogP contribution in [-0.4, -0.2) is 35.4 Å². The Morgan fingerprint density at radius 2 is 1.74 bits per heavy atom. The van der Waals surface area contributed by atoms with Crippen molar-refractivity contribution in [2.24, 2.45) is 0 Å². The highest BCUT2D eigenvalue weighted by Gasteiger charge is 2.11. The molecule has 0 bridgehead atoms. The monoisotopic (exact) mass is 282 g/mol. The minimum absolute atomic E-state index is 0.643. The predicted octanol–water partition coefficient (Wildman–Crippen LogP) is 2.56. The van der Waals surface area contributed by atoms with Crippen LogP contribution < -0.4 is 4.74 Å². The summed E-state index contributed by atoms with van der Waals surface area (Å²) >= 11 is 0. The Kier molecular flexibility index (Phi) is 8.12. The minimum Gasteiger partial charge on any atom is -0.494 e. The van der Waals surface area contributed by atoms with Crippen LogP contribution in [0.5, 0.6) is 5.75 Å². The van der Waals surface area contributed by atoms with E-state index in [9.17, 15) is 4.79 Å². The smallest absolute Gasteiger partial charge is 0.321 e. The number of aldehydes is 1. The van der Waals surface area contributed by atoms with Crippen LogP contribution in [-0.2, 0) is 8.85 Å². The van der Waals surface area contributed by atoms with Crippen LogP contribution in [0.3, 0.4) is 0 Å². The van der Waals surface area contributed by atoms with Gasteiger partial charge in [-0.25, -0.2) is 0 Å². The Morgan fingerprint density at radius 1 is 1.11 bits per heavy atom. The van der Waals surface area contributed by atoms with E-state index in [2.05, 4.69) is 0 Å². The van der Waals surface area contributed by atoms with Gasteiger partial charge in [0.25, 0.3) is 0 Å². The summed E-state index contributed by atoms with van der Waals surface area (Å²) in [6.07, 6.45) is 1.75. The quantitative estimate of drug-likeness (QED) is 0.376. The van der Waals surface area contributed by atoms with Gasteiger partial charge >= 0.3 is 9.28 Å². The van der Waals surface area contributed by atoms with Gasteiger partial charge in [-0.2, -0.15) is 0 Å². The Hall–Kier alpha value is -1.17. The average Bonchev–Trinajstić information content (AvgIpc) is 2.44. The van der Waals surface area contributed by atoms with Crippen molar-refractivity contribution in [2.75, 3.05) is 19.8 Å². The van der Waals surface area contributed by atoms with E-state index in [0.717, 1.165) is 24.5 Å². The molecule has 0 aliphatic carbocycles. The van der Waals surface area contributed by atoms with Gasteiger partial charge in [-0.3, -0.25) is 4.79 Å². The number of rotatable bonds is 10. The molecule has 106 valence electrons. The summed E-state index contributed by atoms with van der Waals surface area (Å²) in [7, 11) is -1.50. The van der Waals surface area contributed by atoms with E-state index in [-0.39, 0.29) is 0 Å². The normalized spacial score (nSPS) is 10.7. The molecule has 0 aromatic heterocycles. The molecule has 0 unspecified atom stereocenters. The first-order valence-corrected chi connectivity index (χ1v) is 8.47. The van der Waals surface area contributed by atoms with E-state index in [4.69, 9.17) is 13.6 Å². The largest absolute Gasteiger partial charge is 0.494 e. The number of hydrogen-bond donors (Lipinski definition) is 0. The molecule has 0 radical (unpaired) electrons. The van der Waals surface area contributed by atoms with Crippen molar-refractivity contribution in [3.8, 4) is 5.75 Å². The number of ether oxygens (including phenoxy) is 1. The summed E-state index contributed by atoms with van der Waals surface area (Å²) in [5.41, 5.74) is 0.660. The summed E-state index contributed by atoms with van der Waals surface area (Å²) in [4.78, 5) is 10.5. The highest BCUT2D eigenvalue weighted by molar-refractivity contribution is 6.44. The SMILES string of the molecule is CCO[SiH](CCCOc1ccc(C=O)cc1)OCC. The van der Waals surface area contributed by atoms with E-state index in [1.54, 1.807) is 12.1 Å². The Labute approximate surface area is 116 Å². The molecule has 5 heteroatoms. The van der Waals surface area contributed by atoms with E-state index < -0.39 is 9.28 Å². The van der Waals surface area contributed by atoms with Gasteiger partial charge in [-0.1, -0.05) is 0 Å². The summed E-state index contributed by atoms with van der Waals surface area (Å²) < 4.78 is 16.8. The van der Waals surface area contributed by atoms with Gasteiger partial charge in [0.15, 0.2) is 0 Å². The van der Waals surface area contributed by atoms with Gasteiger partial charge in [0.2, 0.25) is 0 Å². The lowest BCUT2D eigenvalue weighted by Gasteiger charge is -2.14. The Bertz CT molecular complexity index is 347. The first-order chi connectivity index (χ1) is 9.30. The number of hydrogen-bond acceptors (Lipinski definition) is 4.